The molecule has 0 aliphatic carbocycles. The molecular formula is C24H32N2O3S. The van der Waals surface area contributed by atoms with Crippen molar-refractivity contribution in [2.45, 2.75) is 56.9 Å². The highest BCUT2D eigenvalue weighted by Gasteiger charge is 2.32. The molecule has 1 N–H and O–H groups in total. The normalized spacial score (nSPS) is 17.5. The van der Waals surface area contributed by atoms with Crippen molar-refractivity contribution in [3.05, 3.63) is 65.7 Å². The van der Waals surface area contributed by atoms with E-state index < -0.39 is 10.0 Å². The van der Waals surface area contributed by atoms with Crippen LogP contribution >= 0.6 is 0 Å². The maximum Gasteiger partial charge on any atom is 0.243 e. The highest BCUT2D eigenvalue weighted by atomic mass is 32.2. The first-order valence-electron chi connectivity index (χ1n) is 10.5. The van der Waals surface area contributed by atoms with Gasteiger partial charge in [-0.3, -0.25) is 4.79 Å². The Bertz CT molecular complexity index is 956. The molecule has 3 rings (SSSR count). The van der Waals surface area contributed by atoms with Crippen LogP contribution in [-0.2, 0) is 20.2 Å². The molecular weight excluding hydrogens is 396 g/mol. The van der Waals surface area contributed by atoms with Gasteiger partial charge in [0, 0.05) is 19.0 Å². The third-order valence-corrected chi connectivity index (χ3v) is 7.75. The van der Waals surface area contributed by atoms with Crippen molar-refractivity contribution in [2.75, 3.05) is 13.1 Å². The fourth-order valence-corrected chi connectivity index (χ4v) is 5.26. The second-order valence-corrected chi connectivity index (χ2v) is 11.0. The van der Waals surface area contributed by atoms with E-state index in [-0.39, 0.29) is 23.3 Å². The quantitative estimate of drug-likeness (QED) is 0.774. The van der Waals surface area contributed by atoms with Gasteiger partial charge in [-0.2, -0.15) is 4.31 Å². The van der Waals surface area contributed by atoms with E-state index in [9.17, 15) is 13.2 Å². The number of amides is 1. The zero-order valence-corrected chi connectivity index (χ0v) is 19.1. The van der Waals surface area contributed by atoms with Gasteiger partial charge in [-0.05, 0) is 48.4 Å². The molecule has 1 fully saturated rings. The zero-order valence-electron chi connectivity index (χ0n) is 18.3. The third kappa shape index (κ3) is 5.10. The van der Waals surface area contributed by atoms with Gasteiger partial charge in [-0.25, -0.2) is 8.42 Å². The Kier molecular flexibility index (Phi) is 6.68. The van der Waals surface area contributed by atoms with Gasteiger partial charge in [0.1, 0.15) is 0 Å². The lowest BCUT2D eigenvalue weighted by atomic mass is 9.87. The maximum atomic E-state index is 13.0. The van der Waals surface area contributed by atoms with Crippen LogP contribution in [0.1, 0.15) is 57.7 Å². The standard InChI is InChI=1S/C24H32N2O3S/c1-18(19-8-6-5-7-9-19)25-23(27)20-14-16-26(17-15-20)30(28,29)22-12-10-21(11-13-22)24(2,3)4/h5-13,18,20H,14-17H2,1-4H3,(H,25,27). The minimum atomic E-state index is -3.54. The molecule has 30 heavy (non-hydrogen) atoms. The van der Waals surface area contributed by atoms with Crippen molar-refractivity contribution in [1.29, 1.82) is 0 Å². The van der Waals surface area contributed by atoms with Crippen LogP contribution in [0.2, 0.25) is 0 Å². The van der Waals surface area contributed by atoms with E-state index in [1.165, 1.54) is 4.31 Å². The van der Waals surface area contributed by atoms with Gasteiger partial charge in [0.25, 0.3) is 0 Å². The highest BCUT2D eigenvalue weighted by molar-refractivity contribution is 7.89. The summed E-state index contributed by atoms with van der Waals surface area (Å²) in [5, 5.41) is 3.06. The predicted molar refractivity (Wildman–Crippen MR) is 120 cm³/mol. The van der Waals surface area contributed by atoms with Crippen LogP contribution in [0.15, 0.2) is 59.5 Å². The summed E-state index contributed by atoms with van der Waals surface area (Å²) >= 11 is 0. The Hall–Kier alpha value is -2.18. The van der Waals surface area contributed by atoms with Crippen LogP contribution in [-0.4, -0.2) is 31.7 Å². The lowest BCUT2D eigenvalue weighted by molar-refractivity contribution is -0.126. The number of hydrogen-bond acceptors (Lipinski definition) is 3. The van der Waals surface area contributed by atoms with E-state index in [0.717, 1.165) is 11.1 Å². The highest BCUT2D eigenvalue weighted by Crippen LogP contribution is 2.27. The molecule has 1 amide bonds. The predicted octanol–water partition coefficient (Wildman–Crippen LogP) is 4.26. The first kappa shape index (κ1) is 22.5. The van der Waals surface area contributed by atoms with Crippen molar-refractivity contribution in [3.63, 3.8) is 0 Å². The fourth-order valence-electron chi connectivity index (χ4n) is 3.79. The average molecular weight is 429 g/mol. The van der Waals surface area contributed by atoms with Gasteiger partial charge < -0.3 is 5.32 Å². The van der Waals surface area contributed by atoms with Crippen molar-refractivity contribution >= 4 is 15.9 Å². The number of hydrogen-bond donors (Lipinski definition) is 1. The van der Waals surface area contributed by atoms with Gasteiger partial charge in [-0.15, -0.1) is 0 Å². The summed E-state index contributed by atoms with van der Waals surface area (Å²) in [5.74, 6) is -0.163. The van der Waals surface area contributed by atoms with Crippen molar-refractivity contribution < 1.29 is 13.2 Å². The summed E-state index contributed by atoms with van der Waals surface area (Å²) in [6.07, 6.45) is 1.07. The number of benzene rings is 2. The van der Waals surface area contributed by atoms with Crippen LogP contribution in [0.4, 0.5) is 0 Å². The lowest BCUT2D eigenvalue weighted by Crippen LogP contribution is -2.43. The molecule has 2 aromatic carbocycles. The molecule has 2 aromatic rings. The van der Waals surface area contributed by atoms with Crippen LogP contribution in [0, 0.1) is 5.92 Å². The van der Waals surface area contributed by atoms with E-state index in [1.54, 1.807) is 12.1 Å². The summed E-state index contributed by atoms with van der Waals surface area (Å²) in [4.78, 5) is 13.0. The molecule has 1 aliphatic heterocycles. The molecule has 0 saturated carbocycles. The fraction of sp³-hybridized carbons (Fsp3) is 0.458. The van der Waals surface area contributed by atoms with Crippen LogP contribution in [0.5, 0.6) is 0 Å². The summed E-state index contributed by atoms with van der Waals surface area (Å²) in [5.41, 5.74) is 2.14. The summed E-state index contributed by atoms with van der Waals surface area (Å²) in [6, 6.07) is 16.9. The van der Waals surface area contributed by atoms with Crippen LogP contribution < -0.4 is 5.32 Å². The Balaban J connectivity index is 1.59. The molecule has 1 atom stereocenters. The number of sulfonamides is 1. The first-order valence-corrected chi connectivity index (χ1v) is 12.0. The molecule has 1 saturated heterocycles. The minimum absolute atomic E-state index is 0.00192. The number of carbonyl (C=O) groups excluding carboxylic acids is 1. The number of rotatable bonds is 5. The Morgan fingerprint density at radius 3 is 2.10 bits per heavy atom. The van der Waals surface area contributed by atoms with Gasteiger partial charge in [0.15, 0.2) is 0 Å². The van der Waals surface area contributed by atoms with Crippen LogP contribution in [0.25, 0.3) is 0 Å². The van der Waals surface area contributed by atoms with Crippen molar-refractivity contribution in [2.24, 2.45) is 5.92 Å². The van der Waals surface area contributed by atoms with Gasteiger partial charge in [0.2, 0.25) is 15.9 Å². The number of nitrogens with zero attached hydrogens (tertiary/aromatic N) is 1. The Morgan fingerprint density at radius 2 is 1.57 bits per heavy atom. The minimum Gasteiger partial charge on any atom is -0.349 e. The molecule has 1 aliphatic rings. The van der Waals surface area contributed by atoms with Gasteiger partial charge in [-0.1, -0.05) is 63.2 Å². The SMILES string of the molecule is CC(NC(=O)C1CCN(S(=O)(=O)c2ccc(C(C)(C)C)cc2)CC1)c1ccccc1. The molecule has 1 heterocycles. The van der Waals surface area contributed by atoms with E-state index in [4.69, 9.17) is 0 Å². The molecule has 0 spiro atoms. The largest absolute Gasteiger partial charge is 0.349 e. The Morgan fingerprint density at radius 1 is 1.00 bits per heavy atom. The molecule has 0 radical (unpaired) electrons. The second-order valence-electron chi connectivity index (χ2n) is 9.09. The number of nitrogens with one attached hydrogen (secondary N) is 1. The number of carbonyl (C=O) groups is 1. The second kappa shape index (κ2) is 8.90. The van der Waals surface area contributed by atoms with Crippen molar-refractivity contribution in [3.8, 4) is 0 Å². The van der Waals surface area contributed by atoms with E-state index in [0.29, 0.717) is 30.8 Å². The molecule has 6 heteroatoms. The van der Waals surface area contributed by atoms with Crippen LogP contribution in [0.3, 0.4) is 0 Å². The average Bonchev–Trinajstić information content (AvgIpc) is 2.74. The van der Waals surface area contributed by atoms with E-state index in [1.807, 2.05) is 49.4 Å². The first-order chi connectivity index (χ1) is 14.1. The maximum absolute atomic E-state index is 13.0. The smallest absolute Gasteiger partial charge is 0.243 e. The summed E-state index contributed by atoms with van der Waals surface area (Å²) < 4.78 is 27.5. The molecule has 0 aromatic heterocycles. The topological polar surface area (TPSA) is 66.5 Å². The molecule has 5 nitrogen and oxygen atoms in total. The van der Waals surface area contributed by atoms with E-state index in [2.05, 4.69) is 26.1 Å². The Labute approximate surface area is 180 Å². The molecule has 0 bridgehead atoms. The third-order valence-electron chi connectivity index (χ3n) is 5.84. The number of piperidine rings is 1. The van der Waals surface area contributed by atoms with Crippen molar-refractivity contribution in [1.82, 2.24) is 9.62 Å². The molecule has 1 unspecified atom stereocenters. The molecule has 162 valence electrons. The lowest BCUT2D eigenvalue weighted by Gasteiger charge is -2.31. The summed E-state index contributed by atoms with van der Waals surface area (Å²) in [6.45, 7) is 9.00. The zero-order chi connectivity index (χ0) is 21.9. The summed E-state index contributed by atoms with van der Waals surface area (Å²) in [7, 11) is -3.54. The van der Waals surface area contributed by atoms with E-state index >= 15 is 0 Å². The van der Waals surface area contributed by atoms with Gasteiger partial charge >= 0.3 is 0 Å². The van der Waals surface area contributed by atoms with Gasteiger partial charge in [0.05, 0.1) is 10.9 Å². The monoisotopic (exact) mass is 428 g/mol.